The van der Waals surface area contributed by atoms with Crippen molar-refractivity contribution in [3.63, 3.8) is 0 Å². The molecule has 2 aromatic carbocycles. The number of amides is 5. The minimum atomic E-state index is -1.31. The molecule has 0 unspecified atom stereocenters. The van der Waals surface area contributed by atoms with E-state index in [2.05, 4.69) is 21.3 Å². The van der Waals surface area contributed by atoms with E-state index in [4.69, 9.17) is 9.47 Å². The van der Waals surface area contributed by atoms with Crippen LogP contribution < -0.4 is 26.0 Å². The van der Waals surface area contributed by atoms with Crippen molar-refractivity contribution in [1.82, 2.24) is 26.2 Å². The van der Waals surface area contributed by atoms with E-state index in [9.17, 15) is 28.4 Å². The van der Waals surface area contributed by atoms with Gasteiger partial charge in [-0.1, -0.05) is 38.1 Å². The van der Waals surface area contributed by atoms with Gasteiger partial charge in [0.2, 0.25) is 23.6 Å². The zero-order valence-electron chi connectivity index (χ0n) is 26.4. The van der Waals surface area contributed by atoms with Gasteiger partial charge in [-0.2, -0.15) is 0 Å². The number of benzene rings is 2. The number of fused-ring (bicyclic) bond motifs is 1. The lowest BCUT2D eigenvalue weighted by Crippen LogP contribution is -2.54. The molecule has 0 spiro atoms. The van der Waals surface area contributed by atoms with Crippen molar-refractivity contribution < 1.29 is 37.8 Å². The van der Waals surface area contributed by atoms with Gasteiger partial charge in [0, 0.05) is 32.2 Å². The van der Waals surface area contributed by atoms with Crippen LogP contribution in [0.5, 0.6) is 5.75 Å². The van der Waals surface area contributed by atoms with Gasteiger partial charge in [-0.25, -0.2) is 4.39 Å². The van der Waals surface area contributed by atoms with Gasteiger partial charge in [0.05, 0.1) is 25.1 Å². The summed E-state index contributed by atoms with van der Waals surface area (Å²) in [6, 6.07) is 10.5. The van der Waals surface area contributed by atoms with Crippen LogP contribution in [0, 0.1) is 11.7 Å². The summed E-state index contributed by atoms with van der Waals surface area (Å²) in [7, 11) is 1.40. The fourth-order valence-corrected chi connectivity index (χ4v) is 5.59. The molecular weight excluding hydrogens is 597 g/mol. The van der Waals surface area contributed by atoms with E-state index < -0.39 is 59.3 Å². The summed E-state index contributed by atoms with van der Waals surface area (Å²) < 4.78 is 25.6. The number of hydrogen-bond acceptors (Lipinski definition) is 7. The summed E-state index contributed by atoms with van der Waals surface area (Å²) in [5, 5.41) is 11.0. The van der Waals surface area contributed by atoms with E-state index >= 15 is 0 Å². The van der Waals surface area contributed by atoms with E-state index in [1.54, 1.807) is 38.1 Å². The Hall–Kier alpha value is -4.52. The van der Waals surface area contributed by atoms with E-state index in [0.717, 1.165) is 10.5 Å². The van der Waals surface area contributed by atoms with Crippen LogP contribution in [-0.2, 0) is 29.3 Å². The molecule has 0 saturated carbocycles. The topological polar surface area (TPSA) is 155 Å². The molecule has 2 aliphatic heterocycles. The highest BCUT2D eigenvalue weighted by Gasteiger charge is 2.37. The Labute approximate surface area is 267 Å². The predicted molar refractivity (Wildman–Crippen MR) is 166 cm³/mol. The smallest absolute Gasteiger partial charge is 0.255 e. The molecule has 1 fully saturated rings. The third-order valence-electron chi connectivity index (χ3n) is 8.35. The Bertz CT molecular complexity index is 1430. The quantitative estimate of drug-likeness (QED) is 0.384. The number of nitrogens with zero attached hydrogens (tertiary/aromatic N) is 1. The molecule has 2 aliphatic rings. The van der Waals surface area contributed by atoms with Crippen LogP contribution in [0.1, 0.15) is 49.0 Å². The second kappa shape index (κ2) is 15.7. The lowest BCUT2D eigenvalue weighted by Gasteiger charge is -2.38. The van der Waals surface area contributed by atoms with Gasteiger partial charge in [-0.05, 0) is 48.6 Å². The Kier molecular flexibility index (Phi) is 11.7. The third-order valence-corrected chi connectivity index (χ3v) is 8.35. The molecule has 5 amide bonds. The first-order chi connectivity index (χ1) is 22.0. The lowest BCUT2D eigenvalue weighted by molar-refractivity contribution is -0.137. The SMILES string of the molecule is CC(C)[C@H]1NC(=O)CN(C)C(=O)C[C@@H](C(=O)NCC2(c3cccc(F)c3)CCOCC2)NC(=O)c2ccccc2OCCNC1=O. The van der Waals surface area contributed by atoms with Gasteiger partial charge in [-0.3, -0.25) is 24.0 Å². The van der Waals surface area contributed by atoms with Crippen molar-refractivity contribution in [3.05, 3.63) is 65.5 Å². The predicted octanol–water partition coefficient (Wildman–Crippen LogP) is 1.29. The maximum atomic E-state index is 14.2. The van der Waals surface area contributed by atoms with Crippen LogP contribution in [-0.4, -0.2) is 93.0 Å². The number of rotatable bonds is 5. The Morgan fingerprint density at radius 2 is 1.78 bits per heavy atom. The van der Waals surface area contributed by atoms with Crippen molar-refractivity contribution >= 4 is 29.5 Å². The average Bonchev–Trinajstić information content (AvgIpc) is 3.04. The van der Waals surface area contributed by atoms with Crippen LogP contribution >= 0.6 is 0 Å². The number of likely N-dealkylation sites (N-methyl/N-ethyl adjacent to an activating group) is 1. The Morgan fingerprint density at radius 3 is 2.50 bits per heavy atom. The largest absolute Gasteiger partial charge is 0.491 e. The molecule has 2 heterocycles. The summed E-state index contributed by atoms with van der Waals surface area (Å²) in [4.78, 5) is 67.4. The molecule has 46 heavy (non-hydrogen) atoms. The molecule has 4 rings (SSSR count). The zero-order chi connectivity index (χ0) is 33.3. The van der Waals surface area contributed by atoms with E-state index in [-0.39, 0.29) is 43.5 Å². The van der Waals surface area contributed by atoms with E-state index in [1.807, 2.05) is 6.07 Å². The zero-order valence-corrected chi connectivity index (χ0v) is 26.4. The fourth-order valence-electron chi connectivity index (χ4n) is 5.59. The second-order valence-electron chi connectivity index (χ2n) is 12.0. The summed E-state index contributed by atoms with van der Waals surface area (Å²) in [5.41, 5.74) is 0.234. The summed E-state index contributed by atoms with van der Waals surface area (Å²) in [6.07, 6.45) is 0.614. The third kappa shape index (κ3) is 8.81. The number of nitrogens with one attached hydrogen (secondary N) is 4. The first-order valence-electron chi connectivity index (χ1n) is 15.4. The molecule has 2 aromatic rings. The number of hydrogen-bond donors (Lipinski definition) is 4. The van der Waals surface area contributed by atoms with Gasteiger partial charge in [0.1, 0.15) is 30.3 Å². The highest BCUT2D eigenvalue weighted by atomic mass is 19.1. The van der Waals surface area contributed by atoms with Crippen molar-refractivity contribution in [2.45, 2.75) is 50.6 Å². The average molecular weight is 640 g/mol. The molecule has 1 saturated heterocycles. The molecule has 0 bridgehead atoms. The van der Waals surface area contributed by atoms with Gasteiger partial charge in [0.15, 0.2) is 0 Å². The molecule has 13 heteroatoms. The maximum absolute atomic E-state index is 14.2. The Morgan fingerprint density at radius 1 is 1.04 bits per heavy atom. The molecule has 0 aliphatic carbocycles. The van der Waals surface area contributed by atoms with Crippen LogP contribution in [0.4, 0.5) is 4.39 Å². The van der Waals surface area contributed by atoms with Crippen molar-refractivity contribution in [3.8, 4) is 5.75 Å². The monoisotopic (exact) mass is 639 g/mol. The molecule has 12 nitrogen and oxygen atoms in total. The molecule has 4 N–H and O–H groups in total. The van der Waals surface area contributed by atoms with E-state index in [1.165, 1.54) is 25.2 Å². The highest BCUT2D eigenvalue weighted by molar-refractivity contribution is 6.01. The molecule has 0 radical (unpaired) electrons. The van der Waals surface area contributed by atoms with Crippen molar-refractivity contribution in [2.24, 2.45) is 5.92 Å². The lowest BCUT2D eigenvalue weighted by atomic mass is 9.74. The molecular formula is C33H42FN5O7. The Balaban J connectivity index is 1.59. The standard InChI is InChI=1S/C33H42FN5O7/c1-21(2)29-32(44)35-13-16-46-26-10-5-4-9-24(26)30(42)37-25(18-28(41)39(3)19-27(40)38-29)31(43)36-20-33(11-14-45-15-12-33)22-7-6-8-23(34)17-22/h4-10,17,21,25,29H,11-16,18-20H2,1-3H3,(H,35,44)(H,36,43)(H,37,42)(H,38,40)/t25-,29+/m0/s1. The van der Waals surface area contributed by atoms with Gasteiger partial charge in [-0.15, -0.1) is 0 Å². The fraction of sp³-hybridized carbons (Fsp3) is 0.485. The summed E-state index contributed by atoms with van der Waals surface area (Å²) in [6.45, 7) is 4.31. The number of halogens is 1. The summed E-state index contributed by atoms with van der Waals surface area (Å²) >= 11 is 0. The normalized spacial score (nSPS) is 21.6. The number of carbonyl (C=O) groups excluding carboxylic acids is 5. The van der Waals surface area contributed by atoms with Gasteiger partial charge in [0.25, 0.3) is 5.91 Å². The van der Waals surface area contributed by atoms with Crippen molar-refractivity contribution in [2.75, 3.05) is 46.5 Å². The first kappa shape index (κ1) is 34.4. The van der Waals surface area contributed by atoms with Crippen LogP contribution in [0.15, 0.2) is 48.5 Å². The first-order valence-corrected chi connectivity index (χ1v) is 15.4. The van der Waals surface area contributed by atoms with E-state index in [0.29, 0.717) is 26.1 Å². The second-order valence-corrected chi connectivity index (χ2v) is 12.0. The molecule has 248 valence electrons. The summed E-state index contributed by atoms with van der Waals surface area (Å²) in [5.74, 6) is -3.23. The maximum Gasteiger partial charge on any atom is 0.255 e. The van der Waals surface area contributed by atoms with Gasteiger partial charge < -0.3 is 35.6 Å². The van der Waals surface area contributed by atoms with Crippen LogP contribution in [0.3, 0.4) is 0 Å². The number of ether oxygens (including phenoxy) is 2. The highest BCUT2D eigenvalue weighted by Crippen LogP contribution is 2.34. The van der Waals surface area contributed by atoms with Crippen LogP contribution in [0.25, 0.3) is 0 Å². The minimum Gasteiger partial charge on any atom is -0.491 e. The molecule has 0 aromatic heterocycles. The van der Waals surface area contributed by atoms with Crippen LogP contribution in [0.2, 0.25) is 0 Å². The minimum absolute atomic E-state index is 0.0335. The number of carbonyl (C=O) groups is 5. The molecule has 2 atom stereocenters. The van der Waals surface area contributed by atoms with Gasteiger partial charge >= 0.3 is 0 Å². The number of para-hydroxylation sites is 1. The van der Waals surface area contributed by atoms with Crippen molar-refractivity contribution in [1.29, 1.82) is 0 Å².